The Bertz CT molecular complexity index is 778. The van der Waals surface area contributed by atoms with Crippen molar-refractivity contribution in [1.29, 1.82) is 0 Å². The lowest BCUT2D eigenvalue weighted by molar-refractivity contribution is -0.383. The van der Waals surface area contributed by atoms with Crippen LogP contribution in [0.3, 0.4) is 0 Å². The van der Waals surface area contributed by atoms with Crippen LogP contribution in [0.4, 0.5) is 5.69 Å². The molecular formula is C15H11ClN2O2. The Hall–Kier alpha value is -2.33. The van der Waals surface area contributed by atoms with Crippen LogP contribution >= 0.6 is 11.6 Å². The maximum Gasteiger partial charge on any atom is 0.293 e. The van der Waals surface area contributed by atoms with E-state index in [-0.39, 0.29) is 10.6 Å². The van der Waals surface area contributed by atoms with E-state index in [1.807, 2.05) is 36.4 Å². The Morgan fingerprint density at radius 2 is 1.90 bits per heavy atom. The molecule has 1 N–H and O–H groups in total. The lowest BCUT2D eigenvalue weighted by atomic mass is 10.1. The van der Waals surface area contributed by atoms with Crippen LogP contribution in [0.5, 0.6) is 0 Å². The predicted molar refractivity (Wildman–Crippen MR) is 79.2 cm³/mol. The van der Waals surface area contributed by atoms with Gasteiger partial charge in [-0.2, -0.15) is 0 Å². The van der Waals surface area contributed by atoms with Crippen LogP contribution in [0.1, 0.15) is 11.3 Å². The van der Waals surface area contributed by atoms with Crippen molar-refractivity contribution in [1.82, 2.24) is 4.98 Å². The van der Waals surface area contributed by atoms with Gasteiger partial charge in [-0.25, -0.2) is 0 Å². The first-order valence-corrected chi connectivity index (χ1v) is 6.51. The predicted octanol–water partition coefficient (Wildman–Crippen LogP) is 4.32. The van der Waals surface area contributed by atoms with E-state index in [0.717, 1.165) is 16.6 Å². The van der Waals surface area contributed by atoms with E-state index in [1.165, 1.54) is 6.07 Å². The highest BCUT2D eigenvalue weighted by Crippen LogP contribution is 2.26. The number of aromatic amines is 1. The zero-order valence-electron chi connectivity index (χ0n) is 10.5. The van der Waals surface area contributed by atoms with Crippen molar-refractivity contribution in [2.75, 3.05) is 0 Å². The molecule has 100 valence electrons. The van der Waals surface area contributed by atoms with Gasteiger partial charge in [-0.3, -0.25) is 10.1 Å². The van der Waals surface area contributed by atoms with Gasteiger partial charge in [0.05, 0.1) is 4.92 Å². The molecule has 3 aromatic rings. The molecule has 1 aromatic heterocycles. The first-order valence-electron chi connectivity index (χ1n) is 6.13. The minimum Gasteiger partial charge on any atom is -0.353 e. The van der Waals surface area contributed by atoms with Gasteiger partial charge in [0.15, 0.2) is 0 Å². The summed E-state index contributed by atoms with van der Waals surface area (Å²) >= 11 is 5.85. The molecule has 0 bridgehead atoms. The average molecular weight is 287 g/mol. The van der Waals surface area contributed by atoms with Crippen molar-refractivity contribution in [2.24, 2.45) is 0 Å². The van der Waals surface area contributed by atoms with E-state index in [1.54, 1.807) is 6.07 Å². The number of benzene rings is 2. The van der Waals surface area contributed by atoms with Crippen molar-refractivity contribution in [3.05, 3.63) is 74.9 Å². The van der Waals surface area contributed by atoms with E-state index >= 15 is 0 Å². The summed E-state index contributed by atoms with van der Waals surface area (Å²) in [5.41, 5.74) is 2.71. The summed E-state index contributed by atoms with van der Waals surface area (Å²) in [6, 6.07) is 14.6. The second kappa shape index (κ2) is 4.98. The van der Waals surface area contributed by atoms with Crippen LogP contribution < -0.4 is 0 Å². The highest BCUT2D eigenvalue weighted by atomic mass is 35.5. The zero-order valence-corrected chi connectivity index (χ0v) is 11.2. The number of nitro groups is 1. The topological polar surface area (TPSA) is 58.9 Å². The number of rotatable bonds is 3. The van der Waals surface area contributed by atoms with Crippen LogP contribution in [0, 0.1) is 10.1 Å². The van der Waals surface area contributed by atoms with Gasteiger partial charge in [-0.15, -0.1) is 0 Å². The molecule has 0 aliphatic carbocycles. The number of fused-ring (bicyclic) bond motifs is 1. The summed E-state index contributed by atoms with van der Waals surface area (Å²) in [5, 5.41) is 12.5. The lowest BCUT2D eigenvalue weighted by Gasteiger charge is -1.99. The van der Waals surface area contributed by atoms with Crippen LogP contribution in [-0.2, 0) is 6.42 Å². The first-order chi connectivity index (χ1) is 9.63. The molecule has 0 radical (unpaired) electrons. The average Bonchev–Trinajstić information content (AvgIpc) is 2.83. The number of halogens is 1. The molecule has 0 saturated heterocycles. The number of hydrogen-bond donors (Lipinski definition) is 1. The van der Waals surface area contributed by atoms with Gasteiger partial charge in [0, 0.05) is 28.6 Å². The monoisotopic (exact) mass is 286 g/mol. The minimum absolute atomic E-state index is 0.102. The first kappa shape index (κ1) is 12.7. The third-order valence-corrected chi connectivity index (χ3v) is 3.45. The molecule has 0 fully saturated rings. The molecule has 3 rings (SSSR count). The van der Waals surface area contributed by atoms with Gasteiger partial charge < -0.3 is 4.98 Å². The minimum atomic E-state index is -0.370. The molecule has 1 heterocycles. The van der Waals surface area contributed by atoms with Crippen molar-refractivity contribution in [3.8, 4) is 0 Å². The van der Waals surface area contributed by atoms with Gasteiger partial charge in [-0.05, 0) is 23.8 Å². The fourth-order valence-corrected chi connectivity index (χ4v) is 2.39. The van der Waals surface area contributed by atoms with Crippen molar-refractivity contribution >= 4 is 28.2 Å². The molecule has 5 heteroatoms. The quantitative estimate of drug-likeness (QED) is 0.576. The summed E-state index contributed by atoms with van der Waals surface area (Å²) < 4.78 is 0. The molecule has 0 saturated carbocycles. The number of nitrogens with one attached hydrogen (secondary N) is 1. The smallest absolute Gasteiger partial charge is 0.293 e. The summed E-state index contributed by atoms with van der Waals surface area (Å²) in [6.07, 6.45) is 0.684. The fourth-order valence-electron chi connectivity index (χ4n) is 2.27. The van der Waals surface area contributed by atoms with Gasteiger partial charge in [0.1, 0.15) is 5.52 Å². The number of nitro benzene ring substituents is 1. The largest absolute Gasteiger partial charge is 0.353 e. The molecule has 0 spiro atoms. The van der Waals surface area contributed by atoms with E-state index in [2.05, 4.69) is 4.98 Å². The van der Waals surface area contributed by atoms with E-state index in [0.29, 0.717) is 17.0 Å². The molecule has 2 aromatic carbocycles. The second-order valence-electron chi connectivity index (χ2n) is 4.60. The van der Waals surface area contributed by atoms with Crippen LogP contribution in [0.25, 0.3) is 10.9 Å². The number of nitrogens with zero attached hydrogens (tertiary/aromatic N) is 1. The summed E-state index contributed by atoms with van der Waals surface area (Å²) in [4.78, 5) is 13.8. The van der Waals surface area contributed by atoms with E-state index in [9.17, 15) is 10.1 Å². The molecule has 0 aliphatic rings. The summed E-state index contributed by atoms with van der Waals surface area (Å²) in [5.74, 6) is 0. The Balaban J connectivity index is 1.99. The molecular weight excluding hydrogens is 276 g/mol. The number of H-pyrrole nitrogens is 1. The van der Waals surface area contributed by atoms with Crippen LogP contribution in [-0.4, -0.2) is 9.91 Å². The lowest BCUT2D eigenvalue weighted by Crippen LogP contribution is -1.90. The Morgan fingerprint density at radius 3 is 2.60 bits per heavy atom. The standard InChI is InChI=1S/C15H11ClN2O2/c16-12-6-4-10(5-7-12)8-13-9-11-2-1-3-14(18(19)20)15(11)17-13/h1-7,9,17H,8H2. The van der Waals surface area contributed by atoms with Gasteiger partial charge in [0.25, 0.3) is 5.69 Å². The molecule has 0 unspecified atom stereocenters. The Morgan fingerprint density at radius 1 is 1.15 bits per heavy atom. The highest BCUT2D eigenvalue weighted by Gasteiger charge is 2.13. The number of non-ortho nitro benzene ring substituents is 1. The highest BCUT2D eigenvalue weighted by molar-refractivity contribution is 6.30. The van der Waals surface area contributed by atoms with Crippen molar-refractivity contribution < 1.29 is 4.92 Å². The van der Waals surface area contributed by atoms with Crippen molar-refractivity contribution in [3.63, 3.8) is 0 Å². The fraction of sp³-hybridized carbons (Fsp3) is 0.0667. The number of para-hydroxylation sites is 1. The molecule has 0 atom stereocenters. The molecule has 20 heavy (non-hydrogen) atoms. The third-order valence-electron chi connectivity index (χ3n) is 3.19. The summed E-state index contributed by atoms with van der Waals surface area (Å²) in [6.45, 7) is 0. The van der Waals surface area contributed by atoms with Crippen LogP contribution in [0.15, 0.2) is 48.5 Å². The van der Waals surface area contributed by atoms with E-state index < -0.39 is 0 Å². The summed E-state index contributed by atoms with van der Waals surface area (Å²) in [7, 11) is 0. The molecule has 4 nitrogen and oxygen atoms in total. The number of hydrogen-bond acceptors (Lipinski definition) is 2. The molecule has 0 amide bonds. The van der Waals surface area contributed by atoms with Gasteiger partial charge in [-0.1, -0.05) is 35.9 Å². The maximum atomic E-state index is 11.0. The Labute approximate surface area is 120 Å². The van der Waals surface area contributed by atoms with Crippen LogP contribution in [0.2, 0.25) is 5.02 Å². The van der Waals surface area contributed by atoms with E-state index in [4.69, 9.17) is 11.6 Å². The van der Waals surface area contributed by atoms with Gasteiger partial charge >= 0.3 is 0 Å². The third kappa shape index (κ3) is 2.38. The number of aromatic nitrogens is 1. The van der Waals surface area contributed by atoms with Gasteiger partial charge in [0.2, 0.25) is 0 Å². The zero-order chi connectivity index (χ0) is 14.1. The Kier molecular flexibility index (Phi) is 3.16. The maximum absolute atomic E-state index is 11.0. The SMILES string of the molecule is O=[N+]([O-])c1cccc2cc(Cc3ccc(Cl)cc3)[nH]c12. The second-order valence-corrected chi connectivity index (χ2v) is 5.03. The normalized spacial score (nSPS) is 10.8. The van der Waals surface area contributed by atoms with Crippen molar-refractivity contribution in [2.45, 2.75) is 6.42 Å². The molecule has 0 aliphatic heterocycles.